The highest BCUT2D eigenvalue weighted by Crippen LogP contribution is 2.66. The summed E-state index contributed by atoms with van der Waals surface area (Å²) < 4.78 is 0. The molecule has 4 bridgehead atoms. The van der Waals surface area contributed by atoms with Gasteiger partial charge in [0.25, 0.3) is 0 Å². The molecule has 0 aliphatic heterocycles. The maximum atomic E-state index is 13.8. The average Bonchev–Trinajstić information content (AvgIpc) is 2.77. The molecular weight excluding hydrogens is 372 g/mol. The van der Waals surface area contributed by atoms with E-state index in [1.165, 1.54) is 6.42 Å². The summed E-state index contributed by atoms with van der Waals surface area (Å²) in [4.78, 5) is 31.3. The van der Waals surface area contributed by atoms with Crippen LogP contribution in [0.3, 0.4) is 0 Å². The molecule has 0 spiro atoms. The van der Waals surface area contributed by atoms with Crippen molar-refractivity contribution >= 4 is 23.2 Å². The van der Waals surface area contributed by atoms with E-state index in [-0.39, 0.29) is 11.8 Å². The molecule has 0 N–H and O–H groups in total. The smallest absolute Gasteiger partial charge is 0.232 e. The fourth-order valence-corrected chi connectivity index (χ4v) is 7.01. The van der Waals surface area contributed by atoms with Crippen LogP contribution in [-0.4, -0.2) is 25.9 Å². The van der Waals surface area contributed by atoms with E-state index in [1.54, 1.807) is 0 Å². The third kappa shape index (κ3) is 2.96. The van der Waals surface area contributed by atoms with Gasteiger partial charge in [-0.25, -0.2) is 0 Å². The Hall–Kier alpha value is -2.62. The van der Waals surface area contributed by atoms with Gasteiger partial charge in [0.1, 0.15) is 0 Å². The lowest BCUT2D eigenvalue weighted by atomic mass is 9.43. The number of hydrogen-bond donors (Lipinski definition) is 0. The standard InChI is InChI=1S/C26H30N2O2/c1-27(21-9-5-3-6-10-21)23(29)25-14-19-13-20(15-25)17-26(16-19,18-25)24(30)28(2)22-11-7-4-8-12-22/h3-12,19-20H,13-18H2,1-2H3. The number of amides is 2. The Kier molecular flexibility index (Phi) is 4.49. The molecule has 0 unspecified atom stereocenters. The number of anilines is 2. The zero-order valence-corrected chi connectivity index (χ0v) is 17.9. The normalized spacial score (nSPS) is 31.4. The van der Waals surface area contributed by atoms with Gasteiger partial charge in [-0.2, -0.15) is 0 Å². The van der Waals surface area contributed by atoms with E-state index in [1.807, 2.05) is 84.6 Å². The Labute approximate surface area is 178 Å². The molecule has 156 valence electrons. The minimum atomic E-state index is -0.401. The van der Waals surface area contributed by atoms with Gasteiger partial charge in [-0.15, -0.1) is 0 Å². The number of benzene rings is 2. The van der Waals surface area contributed by atoms with Gasteiger partial charge in [0.05, 0.1) is 10.8 Å². The van der Waals surface area contributed by atoms with Gasteiger partial charge < -0.3 is 9.80 Å². The van der Waals surface area contributed by atoms with Crippen molar-refractivity contribution in [2.24, 2.45) is 22.7 Å². The summed E-state index contributed by atoms with van der Waals surface area (Å²) in [5.41, 5.74) is 1.06. The van der Waals surface area contributed by atoms with Gasteiger partial charge >= 0.3 is 0 Å². The SMILES string of the molecule is CN(C(=O)C12CC3CC(C1)CC(C(=O)N(C)c1ccccc1)(C3)C2)c1ccccc1. The van der Waals surface area contributed by atoms with E-state index >= 15 is 0 Å². The molecule has 4 fully saturated rings. The third-order valence-electron chi connectivity index (χ3n) is 7.86. The highest BCUT2D eigenvalue weighted by molar-refractivity contribution is 6.01. The predicted molar refractivity (Wildman–Crippen MR) is 119 cm³/mol. The first kappa shape index (κ1) is 19.3. The molecule has 2 aromatic rings. The van der Waals surface area contributed by atoms with Crippen molar-refractivity contribution in [2.45, 2.75) is 38.5 Å². The summed E-state index contributed by atoms with van der Waals surface area (Å²) >= 11 is 0. The Morgan fingerprint density at radius 2 is 1.07 bits per heavy atom. The van der Waals surface area contributed by atoms with E-state index in [0.29, 0.717) is 18.3 Å². The van der Waals surface area contributed by atoms with E-state index in [2.05, 4.69) is 0 Å². The van der Waals surface area contributed by atoms with Crippen LogP contribution in [0.2, 0.25) is 0 Å². The number of carbonyl (C=O) groups excluding carboxylic acids is 2. The molecule has 4 nitrogen and oxygen atoms in total. The summed E-state index contributed by atoms with van der Waals surface area (Å²) in [6.07, 6.45) is 5.60. The Morgan fingerprint density at radius 3 is 1.43 bits per heavy atom. The molecular formula is C26H30N2O2. The van der Waals surface area contributed by atoms with E-state index in [0.717, 1.165) is 37.1 Å². The summed E-state index contributed by atoms with van der Waals surface area (Å²) in [5.74, 6) is 1.35. The molecule has 0 radical (unpaired) electrons. The topological polar surface area (TPSA) is 40.6 Å². The van der Waals surface area contributed by atoms with Crippen LogP contribution < -0.4 is 9.80 Å². The fraction of sp³-hybridized carbons (Fsp3) is 0.462. The molecule has 2 amide bonds. The first-order valence-corrected chi connectivity index (χ1v) is 11.1. The van der Waals surface area contributed by atoms with Crippen LogP contribution >= 0.6 is 0 Å². The van der Waals surface area contributed by atoms with Crippen LogP contribution in [0.25, 0.3) is 0 Å². The molecule has 30 heavy (non-hydrogen) atoms. The quantitative estimate of drug-likeness (QED) is 0.730. The van der Waals surface area contributed by atoms with Crippen LogP contribution in [0.15, 0.2) is 60.7 Å². The van der Waals surface area contributed by atoms with E-state index in [4.69, 9.17) is 0 Å². The van der Waals surface area contributed by atoms with Gasteiger partial charge in [0.2, 0.25) is 11.8 Å². The van der Waals surface area contributed by atoms with Crippen molar-refractivity contribution in [3.63, 3.8) is 0 Å². The third-order valence-corrected chi connectivity index (χ3v) is 7.86. The highest BCUT2D eigenvalue weighted by Gasteiger charge is 2.64. The van der Waals surface area contributed by atoms with E-state index in [9.17, 15) is 9.59 Å². The van der Waals surface area contributed by atoms with Crippen LogP contribution in [0.4, 0.5) is 11.4 Å². The molecule has 2 aromatic carbocycles. The minimum absolute atomic E-state index is 0.197. The fourth-order valence-electron chi connectivity index (χ4n) is 7.01. The zero-order chi connectivity index (χ0) is 20.9. The predicted octanol–water partition coefficient (Wildman–Crippen LogP) is 4.90. The summed E-state index contributed by atoms with van der Waals surface area (Å²) in [6, 6.07) is 19.8. The summed E-state index contributed by atoms with van der Waals surface area (Å²) in [5, 5.41) is 0. The lowest BCUT2D eigenvalue weighted by Crippen LogP contribution is -2.61. The Morgan fingerprint density at radius 1 is 0.700 bits per heavy atom. The van der Waals surface area contributed by atoms with Gasteiger partial charge in [-0.05, 0) is 74.6 Å². The summed E-state index contributed by atoms with van der Waals surface area (Å²) in [7, 11) is 3.78. The van der Waals surface area contributed by atoms with Crippen molar-refractivity contribution in [3.8, 4) is 0 Å². The Balaban J connectivity index is 1.46. The van der Waals surface area contributed by atoms with Crippen molar-refractivity contribution in [3.05, 3.63) is 60.7 Å². The molecule has 0 saturated heterocycles. The lowest BCUT2D eigenvalue weighted by molar-refractivity contribution is -0.163. The van der Waals surface area contributed by atoms with Gasteiger partial charge in [0, 0.05) is 25.5 Å². The number of rotatable bonds is 4. The number of para-hydroxylation sites is 2. The van der Waals surface area contributed by atoms with Crippen LogP contribution in [-0.2, 0) is 9.59 Å². The highest BCUT2D eigenvalue weighted by atomic mass is 16.2. The second-order valence-electron chi connectivity index (χ2n) is 9.92. The number of nitrogens with zero attached hydrogens (tertiary/aromatic N) is 2. The molecule has 4 heteroatoms. The van der Waals surface area contributed by atoms with Crippen LogP contribution in [0.5, 0.6) is 0 Å². The maximum Gasteiger partial charge on any atom is 0.232 e. The lowest BCUT2D eigenvalue weighted by Gasteiger charge is -2.61. The molecule has 0 heterocycles. The van der Waals surface area contributed by atoms with Gasteiger partial charge in [0.15, 0.2) is 0 Å². The van der Waals surface area contributed by atoms with Crippen molar-refractivity contribution in [1.82, 2.24) is 0 Å². The first-order chi connectivity index (χ1) is 14.4. The molecule has 4 saturated carbocycles. The number of hydrogen-bond acceptors (Lipinski definition) is 2. The van der Waals surface area contributed by atoms with Crippen molar-refractivity contribution < 1.29 is 9.59 Å². The average molecular weight is 403 g/mol. The Bertz CT molecular complexity index is 866. The maximum absolute atomic E-state index is 13.8. The first-order valence-electron chi connectivity index (χ1n) is 11.1. The second kappa shape index (κ2) is 6.97. The van der Waals surface area contributed by atoms with Crippen molar-refractivity contribution in [1.29, 1.82) is 0 Å². The monoisotopic (exact) mass is 402 g/mol. The van der Waals surface area contributed by atoms with Gasteiger partial charge in [-0.1, -0.05) is 36.4 Å². The molecule has 4 aliphatic rings. The van der Waals surface area contributed by atoms with E-state index < -0.39 is 10.8 Å². The summed E-state index contributed by atoms with van der Waals surface area (Å²) in [6.45, 7) is 0. The second-order valence-corrected chi connectivity index (χ2v) is 9.92. The minimum Gasteiger partial charge on any atom is -0.315 e. The molecule has 6 rings (SSSR count). The zero-order valence-electron chi connectivity index (χ0n) is 17.9. The van der Waals surface area contributed by atoms with Crippen LogP contribution in [0.1, 0.15) is 38.5 Å². The molecule has 4 aliphatic carbocycles. The van der Waals surface area contributed by atoms with Crippen molar-refractivity contribution in [2.75, 3.05) is 23.9 Å². The number of carbonyl (C=O) groups is 2. The molecule has 0 atom stereocenters. The van der Waals surface area contributed by atoms with Gasteiger partial charge in [-0.3, -0.25) is 9.59 Å². The molecule has 0 aromatic heterocycles. The largest absolute Gasteiger partial charge is 0.315 e. The van der Waals surface area contributed by atoms with Crippen LogP contribution in [0, 0.1) is 22.7 Å².